The predicted molar refractivity (Wildman–Crippen MR) is 259 cm³/mol. The molecule has 1 aliphatic rings. The summed E-state index contributed by atoms with van der Waals surface area (Å²) in [4.78, 5) is 2.70. The first kappa shape index (κ1) is 35.5. The van der Waals surface area contributed by atoms with Crippen LogP contribution in [-0.2, 0) is 0 Å². The highest BCUT2D eigenvalue weighted by molar-refractivity contribution is 7.35. The number of hydrogen-bond acceptors (Lipinski definition) is 2. The van der Waals surface area contributed by atoms with Crippen molar-refractivity contribution in [1.29, 1.82) is 0 Å². The summed E-state index contributed by atoms with van der Waals surface area (Å²) in [5.41, 5.74) is 10.2. The minimum Gasteiger partial charge on any atom is -0.135 e. The zero-order valence-corrected chi connectivity index (χ0v) is 34.9. The molecule has 3 heteroatoms. The van der Waals surface area contributed by atoms with Gasteiger partial charge in [0.15, 0.2) is 8.07 Å². The van der Waals surface area contributed by atoms with Crippen LogP contribution < -0.4 is 10.4 Å². The maximum absolute atomic E-state index is 3.29. The van der Waals surface area contributed by atoms with Gasteiger partial charge in [0.2, 0.25) is 0 Å². The molecule has 0 N–H and O–H groups in total. The molecule has 0 saturated carbocycles. The highest BCUT2D eigenvalue weighted by atomic mass is 32.1. The molecule has 10 aromatic rings. The van der Waals surface area contributed by atoms with Crippen molar-refractivity contribution in [2.45, 2.75) is 0 Å². The van der Waals surface area contributed by atoms with Crippen molar-refractivity contribution in [2.75, 3.05) is 0 Å². The summed E-state index contributed by atoms with van der Waals surface area (Å²) in [7, 11) is -3.29. The van der Waals surface area contributed by atoms with Gasteiger partial charge in [0.05, 0.1) is 0 Å². The second kappa shape index (κ2) is 15.0. The third kappa shape index (κ3) is 5.77. The lowest BCUT2D eigenvalue weighted by Crippen LogP contribution is -2.59. The topological polar surface area (TPSA) is 0 Å². The molecule has 0 amide bonds. The van der Waals surface area contributed by atoms with Gasteiger partial charge < -0.3 is 0 Å². The summed E-state index contributed by atoms with van der Waals surface area (Å²) in [6.45, 7) is 0. The van der Waals surface area contributed by atoms with Crippen LogP contribution in [0.2, 0.25) is 0 Å². The van der Waals surface area contributed by atoms with E-state index in [0.717, 1.165) is 0 Å². The fourth-order valence-corrected chi connectivity index (χ4v) is 18.4. The molecule has 0 spiro atoms. The Morgan fingerprint density at radius 1 is 0.271 bits per heavy atom. The second-order valence-corrected chi connectivity index (χ2v) is 20.8. The van der Waals surface area contributed by atoms with Crippen molar-refractivity contribution in [3.63, 3.8) is 0 Å². The number of hydrogen-bond donors (Lipinski definition) is 0. The minimum atomic E-state index is -3.29. The monoisotopic (exact) mass is 802 g/mol. The van der Waals surface area contributed by atoms with Gasteiger partial charge in [0.25, 0.3) is 0 Å². The fraction of sp³-hybridized carbons (Fsp3) is 0. The van der Waals surface area contributed by atoms with E-state index in [2.05, 4.69) is 231 Å². The van der Waals surface area contributed by atoms with E-state index in [9.17, 15) is 0 Å². The van der Waals surface area contributed by atoms with E-state index in [1.807, 2.05) is 22.7 Å². The molecule has 11 rings (SSSR count). The average Bonchev–Trinajstić information content (AvgIpc) is 3.99. The smallest absolute Gasteiger partial charge is 0.135 e. The van der Waals surface area contributed by atoms with E-state index in [4.69, 9.17) is 0 Å². The minimum absolute atomic E-state index is 1.24. The SMILES string of the molecule is c1ccc(C2=C(c3sc4ccccc4c3-c3ccccc3)[Si](c3ccccc3)(c3ccccc3)C(c3sc4ccccc4c3-c3ccccc3)=C2c2ccccc2)cc1. The molecular weight excluding hydrogens is 765 g/mol. The summed E-state index contributed by atoms with van der Waals surface area (Å²) in [6.07, 6.45) is 0. The Bertz CT molecular complexity index is 2940. The summed E-state index contributed by atoms with van der Waals surface area (Å²) in [6, 6.07) is 86.0. The molecule has 1 aliphatic heterocycles. The van der Waals surface area contributed by atoms with Crippen LogP contribution in [0.5, 0.6) is 0 Å². The van der Waals surface area contributed by atoms with Crippen LogP contribution in [0.25, 0.3) is 64.0 Å². The summed E-state index contributed by atoms with van der Waals surface area (Å²) < 4.78 is 2.60. The van der Waals surface area contributed by atoms with Gasteiger partial charge in [0, 0.05) is 41.1 Å². The van der Waals surface area contributed by atoms with E-state index in [0.29, 0.717) is 0 Å². The van der Waals surface area contributed by atoms with Crippen molar-refractivity contribution >= 4 is 82.8 Å². The van der Waals surface area contributed by atoms with E-state index < -0.39 is 8.07 Å². The molecule has 0 nitrogen and oxygen atoms in total. The maximum Gasteiger partial charge on any atom is 0.184 e. The van der Waals surface area contributed by atoms with Gasteiger partial charge in [-0.1, -0.05) is 218 Å². The van der Waals surface area contributed by atoms with Crippen LogP contribution >= 0.6 is 22.7 Å². The molecule has 59 heavy (non-hydrogen) atoms. The molecule has 278 valence electrons. The molecule has 3 heterocycles. The summed E-state index contributed by atoms with van der Waals surface area (Å²) >= 11 is 3.92. The largest absolute Gasteiger partial charge is 0.184 e. The number of rotatable bonds is 8. The highest BCUT2D eigenvalue weighted by Crippen LogP contribution is 2.61. The van der Waals surface area contributed by atoms with Gasteiger partial charge in [-0.25, -0.2) is 0 Å². The normalized spacial score (nSPS) is 13.8. The van der Waals surface area contributed by atoms with E-state index >= 15 is 0 Å². The van der Waals surface area contributed by atoms with Crippen molar-refractivity contribution in [3.8, 4) is 22.3 Å². The number of allylic oxidation sites excluding steroid dienone is 2. The van der Waals surface area contributed by atoms with E-state index in [1.54, 1.807) is 0 Å². The van der Waals surface area contributed by atoms with E-state index in [1.165, 1.54) is 95.2 Å². The summed E-state index contributed by atoms with van der Waals surface area (Å²) in [5.74, 6) is 0. The van der Waals surface area contributed by atoms with Gasteiger partial charge in [0.1, 0.15) is 0 Å². The lowest BCUT2D eigenvalue weighted by atomic mass is 9.89. The maximum atomic E-state index is 2.43. The fourth-order valence-electron chi connectivity index (χ4n) is 9.45. The van der Waals surface area contributed by atoms with E-state index in [-0.39, 0.29) is 0 Å². The third-order valence-corrected chi connectivity index (χ3v) is 19.4. The third-order valence-electron chi connectivity index (χ3n) is 11.8. The van der Waals surface area contributed by atoms with Crippen molar-refractivity contribution < 1.29 is 0 Å². The molecule has 0 fully saturated rings. The number of benzene rings is 8. The van der Waals surface area contributed by atoms with Crippen LogP contribution in [0, 0.1) is 0 Å². The molecular formula is C56H38S2Si. The Labute approximate surface area is 354 Å². The first-order valence-corrected chi connectivity index (χ1v) is 23.8. The lowest BCUT2D eigenvalue weighted by molar-refractivity contribution is 1.59. The molecule has 0 radical (unpaired) electrons. The van der Waals surface area contributed by atoms with Gasteiger partial charge >= 0.3 is 0 Å². The zero-order chi connectivity index (χ0) is 39.2. The average molecular weight is 803 g/mol. The molecule has 0 aliphatic carbocycles. The molecule has 0 unspecified atom stereocenters. The zero-order valence-electron chi connectivity index (χ0n) is 32.3. The number of thiophene rings is 2. The van der Waals surface area contributed by atoms with Crippen molar-refractivity contribution in [1.82, 2.24) is 0 Å². The standard InChI is InChI=1S/C56H38S2Si/c1-7-23-39(24-8-1)49-45-35-19-21-37-47(45)57-53(49)55-51(41-27-11-3-12-28-41)52(42-29-13-4-14-30-42)56(59(55,43-31-15-5-16-32-43)44-33-17-6-18-34-44)54-50(40-25-9-2-10-26-40)46-36-20-22-38-48(46)58-54/h1-38H. The first-order chi connectivity index (χ1) is 29.3. The number of fused-ring (bicyclic) bond motifs is 2. The Morgan fingerprint density at radius 3 is 0.915 bits per heavy atom. The van der Waals surface area contributed by atoms with Gasteiger partial charge in [-0.05, 0) is 66.3 Å². The predicted octanol–water partition coefficient (Wildman–Crippen LogP) is 14.3. The Morgan fingerprint density at radius 2 is 0.559 bits per heavy atom. The molecule has 0 bridgehead atoms. The lowest BCUT2D eigenvalue weighted by Gasteiger charge is -2.36. The molecule has 2 aromatic heterocycles. The Balaban J connectivity index is 1.43. The Hall–Kier alpha value is -6.62. The summed E-state index contributed by atoms with van der Waals surface area (Å²) in [5, 5.41) is 8.25. The molecule has 8 aromatic carbocycles. The van der Waals surface area contributed by atoms with Crippen LogP contribution in [0.3, 0.4) is 0 Å². The highest BCUT2D eigenvalue weighted by Gasteiger charge is 2.55. The van der Waals surface area contributed by atoms with Crippen LogP contribution in [0.1, 0.15) is 20.9 Å². The van der Waals surface area contributed by atoms with Gasteiger partial charge in [-0.3, -0.25) is 0 Å². The Kier molecular flexibility index (Phi) is 9.01. The second-order valence-electron chi connectivity index (χ2n) is 15.1. The van der Waals surface area contributed by atoms with Crippen molar-refractivity contribution in [2.24, 2.45) is 0 Å². The van der Waals surface area contributed by atoms with Crippen LogP contribution in [0.4, 0.5) is 0 Å². The molecule has 0 saturated heterocycles. The quantitative estimate of drug-likeness (QED) is 0.134. The van der Waals surface area contributed by atoms with Gasteiger partial charge in [-0.2, -0.15) is 0 Å². The first-order valence-electron chi connectivity index (χ1n) is 20.2. The van der Waals surface area contributed by atoms with Crippen LogP contribution in [-0.4, -0.2) is 8.07 Å². The molecule has 0 atom stereocenters. The van der Waals surface area contributed by atoms with Crippen LogP contribution in [0.15, 0.2) is 231 Å². The van der Waals surface area contributed by atoms with Gasteiger partial charge in [-0.15, -0.1) is 22.7 Å². The van der Waals surface area contributed by atoms with Crippen molar-refractivity contribution in [3.05, 3.63) is 251 Å².